The second-order valence-corrected chi connectivity index (χ2v) is 4.30. The Morgan fingerprint density at radius 1 is 1.37 bits per heavy atom. The van der Waals surface area contributed by atoms with Gasteiger partial charge >= 0.3 is 0 Å². The van der Waals surface area contributed by atoms with Crippen LogP contribution in [0.4, 0.5) is 5.82 Å². The Morgan fingerprint density at radius 2 is 2.21 bits per heavy atom. The topological polar surface area (TPSA) is 64.9 Å². The predicted molar refractivity (Wildman–Crippen MR) is 73.7 cm³/mol. The molecule has 0 aliphatic rings. The fourth-order valence-electron chi connectivity index (χ4n) is 1.71. The van der Waals surface area contributed by atoms with Gasteiger partial charge < -0.3 is 10.1 Å². The lowest BCUT2D eigenvalue weighted by molar-refractivity contribution is 0.181. The third-order valence-corrected chi connectivity index (χ3v) is 2.57. The van der Waals surface area contributed by atoms with Crippen molar-refractivity contribution < 1.29 is 4.74 Å². The second-order valence-electron chi connectivity index (χ2n) is 4.30. The van der Waals surface area contributed by atoms with Crippen LogP contribution in [-0.2, 0) is 18.4 Å². The van der Waals surface area contributed by atoms with Gasteiger partial charge in [0.15, 0.2) is 5.82 Å². The van der Waals surface area contributed by atoms with Crippen molar-refractivity contribution in [3.8, 4) is 11.5 Å². The summed E-state index contributed by atoms with van der Waals surface area (Å²) in [6, 6.07) is 3.81. The van der Waals surface area contributed by atoms with Crippen molar-refractivity contribution in [3.05, 3.63) is 24.0 Å². The number of nitrogens with zero attached hydrogens (tertiary/aromatic N) is 4. The summed E-state index contributed by atoms with van der Waals surface area (Å²) in [6.45, 7) is 3.46. The monoisotopic (exact) mass is 261 g/mol. The zero-order valence-electron chi connectivity index (χ0n) is 11.6. The largest absolute Gasteiger partial charge is 0.378 e. The van der Waals surface area contributed by atoms with Gasteiger partial charge in [-0.15, -0.1) is 0 Å². The molecule has 6 heteroatoms. The molecule has 19 heavy (non-hydrogen) atoms. The molecule has 0 amide bonds. The van der Waals surface area contributed by atoms with Crippen LogP contribution < -0.4 is 5.32 Å². The highest BCUT2D eigenvalue weighted by Crippen LogP contribution is 2.16. The molecule has 0 aliphatic carbocycles. The van der Waals surface area contributed by atoms with Crippen molar-refractivity contribution in [1.82, 2.24) is 19.7 Å². The standard InChI is InChI=1S/C13H19N5O/c1-4-6-14-12-8-10(9-19-3)15-13(16-12)11-5-7-18(2)17-11/h5,7-8H,4,6,9H2,1-3H3,(H,14,15,16). The number of hydrogen-bond donors (Lipinski definition) is 1. The van der Waals surface area contributed by atoms with Gasteiger partial charge in [0, 0.05) is 33.0 Å². The van der Waals surface area contributed by atoms with E-state index in [2.05, 4.69) is 27.3 Å². The third-order valence-electron chi connectivity index (χ3n) is 2.57. The van der Waals surface area contributed by atoms with Crippen molar-refractivity contribution in [3.63, 3.8) is 0 Å². The summed E-state index contributed by atoms with van der Waals surface area (Å²) < 4.78 is 6.88. The molecule has 1 N–H and O–H groups in total. The van der Waals surface area contributed by atoms with E-state index >= 15 is 0 Å². The Balaban J connectivity index is 2.33. The zero-order chi connectivity index (χ0) is 13.7. The lowest BCUT2D eigenvalue weighted by Crippen LogP contribution is -2.06. The first-order chi connectivity index (χ1) is 9.22. The number of rotatable bonds is 6. The van der Waals surface area contributed by atoms with Crippen LogP contribution in [0.25, 0.3) is 11.5 Å². The van der Waals surface area contributed by atoms with Crippen molar-refractivity contribution in [1.29, 1.82) is 0 Å². The Morgan fingerprint density at radius 3 is 2.84 bits per heavy atom. The van der Waals surface area contributed by atoms with E-state index < -0.39 is 0 Å². The maximum absolute atomic E-state index is 5.14. The smallest absolute Gasteiger partial charge is 0.182 e. The van der Waals surface area contributed by atoms with Gasteiger partial charge in [0.05, 0.1) is 12.3 Å². The number of aromatic nitrogens is 4. The minimum absolute atomic E-state index is 0.461. The molecule has 0 bridgehead atoms. The minimum Gasteiger partial charge on any atom is -0.378 e. The van der Waals surface area contributed by atoms with Gasteiger partial charge in [-0.05, 0) is 12.5 Å². The Bertz CT molecular complexity index is 538. The summed E-state index contributed by atoms with van der Waals surface area (Å²) in [5.41, 5.74) is 1.61. The molecule has 0 aliphatic heterocycles. The zero-order valence-corrected chi connectivity index (χ0v) is 11.6. The van der Waals surface area contributed by atoms with Crippen molar-refractivity contribution in [2.45, 2.75) is 20.0 Å². The summed E-state index contributed by atoms with van der Waals surface area (Å²) in [6.07, 6.45) is 2.92. The van der Waals surface area contributed by atoms with Gasteiger partial charge in [0.2, 0.25) is 0 Å². The minimum atomic E-state index is 0.461. The fraction of sp³-hybridized carbons (Fsp3) is 0.462. The fourth-order valence-corrected chi connectivity index (χ4v) is 1.71. The SMILES string of the molecule is CCCNc1cc(COC)nc(-c2ccn(C)n2)n1. The van der Waals surface area contributed by atoms with Crippen LogP contribution in [0, 0.1) is 0 Å². The van der Waals surface area contributed by atoms with Crippen LogP contribution in [0.1, 0.15) is 19.0 Å². The van der Waals surface area contributed by atoms with Crippen LogP contribution in [0.2, 0.25) is 0 Å². The molecule has 2 aromatic rings. The van der Waals surface area contributed by atoms with Crippen LogP contribution in [-0.4, -0.2) is 33.4 Å². The molecule has 2 rings (SSSR count). The number of aryl methyl sites for hydroxylation is 1. The summed E-state index contributed by atoms with van der Waals surface area (Å²) in [7, 11) is 3.53. The molecular weight excluding hydrogens is 242 g/mol. The second kappa shape index (κ2) is 6.29. The maximum Gasteiger partial charge on any atom is 0.182 e. The highest BCUT2D eigenvalue weighted by Gasteiger charge is 2.09. The summed E-state index contributed by atoms with van der Waals surface area (Å²) >= 11 is 0. The normalized spacial score (nSPS) is 10.7. The summed E-state index contributed by atoms with van der Waals surface area (Å²) in [5.74, 6) is 1.43. The van der Waals surface area contributed by atoms with Gasteiger partial charge in [-0.1, -0.05) is 6.92 Å². The highest BCUT2D eigenvalue weighted by molar-refractivity contribution is 5.52. The summed E-state index contributed by atoms with van der Waals surface area (Å²) in [4.78, 5) is 8.95. The van der Waals surface area contributed by atoms with E-state index in [1.54, 1.807) is 11.8 Å². The summed E-state index contributed by atoms with van der Waals surface area (Å²) in [5, 5.41) is 7.60. The molecular formula is C13H19N5O. The molecule has 0 atom stereocenters. The molecule has 0 aromatic carbocycles. The van der Waals surface area contributed by atoms with Crippen LogP contribution in [0.3, 0.4) is 0 Å². The molecule has 102 valence electrons. The Kier molecular flexibility index (Phi) is 4.46. The third kappa shape index (κ3) is 3.51. The first-order valence-corrected chi connectivity index (χ1v) is 6.33. The average Bonchev–Trinajstić information content (AvgIpc) is 2.83. The number of nitrogens with one attached hydrogen (secondary N) is 1. The quantitative estimate of drug-likeness (QED) is 0.859. The van der Waals surface area contributed by atoms with Gasteiger partial charge in [-0.3, -0.25) is 4.68 Å². The van der Waals surface area contributed by atoms with E-state index in [1.807, 2.05) is 25.4 Å². The van der Waals surface area contributed by atoms with Crippen molar-refractivity contribution in [2.24, 2.45) is 7.05 Å². The van der Waals surface area contributed by atoms with E-state index in [9.17, 15) is 0 Å². The van der Waals surface area contributed by atoms with E-state index in [1.165, 1.54) is 0 Å². The molecule has 6 nitrogen and oxygen atoms in total. The van der Waals surface area contributed by atoms with Gasteiger partial charge in [0.25, 0.3) is 0 Å². The van der Waals surface area contributed by atoms with Gasteiger partial charge in [-0.25, -0.2) is 9.97 Å². The van der Waals surface area contributed by atoms with Crippen molar-refractivity contribution >= 4 is 5.82 Å². The molecule has 0 saturated carbocycles. The molecule has 2 aromatic heterocycles. The van der Waals surface area contributed by atoms with E-state index in [4.69, 9.17) is 4.74 Å². The average molecular weight is 261 g/mol. The number of ether oxygens (including phenoxy) is 1. The molecule has 0 radical (unpaired) electrons. The van der Waals surface area contributed by atoms with E-state index in [0.717, 1.165) is 30.2 Å². The first-order valence-electron chi connectivity index (χ1n) is 6.33. The lowest BCUT2D eigenvalue weighted by Gasteiger charge is -2.08. The molecule has 2 heterocycles. The van der Waals surface area contributed by atoms with Gasteiger partial charge in [0.1, 0.15) is 11.5 Å². The molecule has 0 fully saturated rings. The van der Waals surface area contributed by atoms with Crippen LogP contribution in [0.15, 0.2) is 18.3 Å². The highest BCUT2D eigenvalue weighted by atomic mass is 16.5. The molecule has 0 unspecified atom stereocenters. The van der Waals surface area contributed by atoms with Gasteiger partial charge in [-0.2, -0.15) is 5.10 Å². The Labute approximate surface area is 112 Å². The van der Waals surface area contributed by atoms with E-state index in [0.29, 0.717) is 12.4 Å². The number of anilines is 1. The molecule has 0 saturated heterocycles. The predicted octanol–water partition coefficient (Wildman–Crippen LogP) is 1.85. The Hall–Kier alpha value is -1.95. The lowest BCUT2D eigenvalue weighted by atomic mass is 10.3. The number of hydrogen-bond acceptors (Lipinski definition) is 5. The maximum atomic E-state index is 5.14. The van der Waals surface area contributed by atoms with E-state index in [-0.39, 0.29) is 0 Å². The van der Waals surface area contributed by atoms with Crippen LogP contribution >= 0.6 is 0 Å². The van der Waals surface area contributed by atoms with Crippen LogP contribution in [0.5, 0.6) is 0 Å². The first kappa shape index (κ1) is 13.5. The van der Waals surface area contributed by atoms with Crippen molar-refractivity contribution in [2.75, 3.05) is 19.0 Å². The number of methoxy groups -OCH3 is 1. The molecule has 0 spiro atoms.